The molecule has 1 heterocycles. The van der Waals surface area contributed by atoms with Crippen molar-refractivity contribution in [1.82, 2.24) is 10.2 Å². The minimum atomic E-state index is -0.0745. The Hall–Kier alpha value is -0.710. The lowest BCUT2D eigenvalue weighted by Crippen LogP contribution is -2.33. The molecule has 0 radical (unpaired) electrons. The summed E-state index contributed by atoms with van der Waals surface area (Å²) in [5.74, 6) is -0.0745. The Bertz CT molecular complexity index is 475. The lowest BCUT2D eigenvalue weighted by molar-refractivity contribution is 0.0951. The van der Waals surface area contributed by atoms with E-state index in [1.807, 2.05) is 18.4 Å². The van der Waals surface area contributed by atoms with E-state index in [2.05, 4.69) is 10.2 Å². The number of benzene rings is 1. The summed E-state index contributed by atoms with van der Waals surface area (Å²) in [6.07, 6.45) is 6.96. The Balaban J connectivity index is 1.76. The van der Waals surface area contributed by atoms with Crippen molar-refractivity contribution in [2.24, 2.45) is 0 Å². The van der Waals surface area contributed by atoms with Crippen molar-refractivity contribution < 1.29 is 4.79 Å². The average Bonchev–Trinajstić information content (AvgIpc) is 2.53. The van der Waals surface area contributed by atoms with Crippen LogP contribution in [-0.2, 0) is 0 Å². The van der Waals surface area contributed by atoms with E-state index in [1.54, 1.807) is 17.8 Å². The highest BCUT2D eigenvalue weighted by Gasteiger charge is 2.12. The number of nitrogens with zero attached hydrogens (tertiary/aromatic N) is 1. The summed E-state index contributed by atoms with van der Waals surface area (Å²) in [5.41, 5.74) is 0.571. The van der Waals surface area contributed by atoms with E-state index >= 15 is 0 Å². The highest BCUT2D eigenvalue weighted by atomic mass is 35.5. The third-order valence-corrected chi connectivity index (χ3v) is 4.86. The zero-order valence-electron chi connectivity index (χ0n) is 12.5. The molecule has 0 saturated carbocycles. The van der Waals surface area contributed by atoms with Gasteiger partial charge in [0.05, 0.1) is 10.6 Å². The van der Waals surface area contributed by atoms with E-state index in [-0.39, 0.29) is 5.91 Å². The number of piperidine rings is 1. The Morgan fingerprint density at radius 1 is 1.33 bits per heavy atom. The van der Waals surface area contributed by atoms with Crippen molar-refractivity contribution in [3.05, 3.63) is 28.8 Å². The molecule has 1 aliphatic heterocycles. The Kier molecular flexibility index (Phi) is 6.87. The van der Waals surface area contributed by atoms with Crippen molar-refractivity contribution >= 4 is 29.3 Å². The number of nitrogens with one attached hydrogen (secondary N) is 1. The Labute approximate surface area is 136 Å². The van der Waals surface area contributed by atoms with Crippen LogP contribution < -0.4 is 5.32 Å². The summed E-state index contributed by atoms with van der Waals surface area (Å²) >= 11 is 7.72. The van der Waals surface area contributed by atoms with Crippen molar-refractivity contribution in [3.63, 3.8) is 0 Å². The van der Waals surface area contributed by atoms with Gasteiger partial charge in [-0.2, -0.15) is 0 Å². The second kappa shape index (κ2) is 8.66. The fourth-order valence-electron chi connectivity index (χ4n) is 2.59. The maximum absolute atomic E-state index is 12.2. The van der Waals surface area contributed by atoms with Gasteiger partial charge in [0, 0.05) is 11.4 Å². The quantitative estimate of drug-likeness (QED) is 0.639. The molecule has 1 aliphatic rings. The van der Waals surface area contributed by atoms with Gasteiger partial charge in [-0.15, -0.1) is 11.8 Å². The van der Waals surface area contributed by atoms with Gasteiger partial charge in [0.1, 0.15) is 0 Å². The molecule has 1 saturated heterocycles. The molecule has 1 N–H and O–H groups in total. The Morgan fingerprint density at radius 3 is 2.81 bits per heavy atom. The van der Waals surface area contributed by atoms with Crippen molar-refractivity contribution in [3.8, 4) is 0 Å². The molecular formula is C16H23ClN2OS. The smallest absolute Gasteiger partial charge is 0.252 e. The molecule has 5 heteroatoms. The summed E-state index contributed by atoms with van der Waals surface area (Å²) in [6, 6.07) is 5.57. The fourth-order valence-corrected chi connectivity index (χ4v) is 3.23. The second-order valence-electron chi connectivity index (χ2n) is 5.36. The molecule has 0 atom stereocenters. The van der Waals surface area contributed by atoms with Crippen molar-refractivity contribution in [2.45, 2.75) is 30.6 Å². The summed E-state index contributed by atoms with van der Waals surface area (Å²) in [7, 11) is 0. The van der Waals surface area contributed by atoms with Crippen molar-refractivity contribution in [1.29, 1.82) is 0 Å². The van der Waals surface area contributed by atoms with Gasteiger partial charge in [0.25, 0.3) is 5.91 Å². The Morgan fingerprint density at radius 2 is 2.10 bits per heavy atom. The minimum absolute atomic E-state index is 0.0745. The summed E-state index contributed by atoms with van der Waals surface area (Å²) in [4.78, 5) is 15.7. The lowest BCUT2D eigenvalue weighted by atomic mass is 10.1. The van der Waals surface area contributed by atoms with Gasteiger partial charge in [-0.05, 0) is 63.4 Å². The molecular weight excluding hydrogens is 304 g/mol. The number of hydrogen-bond acceptors (Lipinski definition) is 3. The maximum atomic E-state index is 12.2. The first-order valence-corrected chi connectivity index (χ1v) is 9.15. The monoisotopic (exact) mass is 326 g/mol. The highest BCUT2D eigenvalue weighted by molar-refractivity contribution is 7.98. The molecule has 116 valence electrons. The van der Waals surface area contributed by atoms with Gasteiger partial charge < -0.3 is 10.2 Å². The van der Waals surface area contributed by atoms with E-state index in [0.29, 0.717) is 17.1 Å². The number of likely N-dealkylation sites (tertiary alicyclic amines) is 1. The largest absolute Gasteiger partial charge is 0.352 e. The molecule has 0 aromatic heterocycles. The SMILES string of the molecule is CSc1ccc(Cl)c(C(=O)NCCCN2CCCCC2)c1. The number of carbonyl (C=O) groups is 1. The van der Waals surface area contributed by atoms with Crippen LogP contribution in [0.25, 0.3) is 0 Å². The predicted molar refractivity (Wildman–Crippen MR) is 90.5 cm³/mol. The number of hydrogen-bond donors (Lipinski definition) is 1. The maximum Gasteiger partial charge on any atom is 0.252 e. The molecule has 1 amide bonds. The average molecular weight is 327 g/mol. The van der Waals surface area contributed by atoms with Crippen LogP contribution in [0.5, 0.6) is 0 Å². The van der Waals surface area contributed by atoms with Gasteiger partial charge in [0.15, 0.2) is 0 Å². The van der Waals surface area contributed by atoms with Crippen LogP contribution in [0.1, 0.15) is 36.0 Å². The van der Waals surface area contributed by atoms with Gasteiger partial charge >= 0.3 is 0 Å². The predicted octanol–water partition coefficient (Wildman–Crippen LogP) is 3.67. The van der Waals surface area contributed by atoms with Gasteiger partial charge in [-0.25, -0.2) is 0 Å². The third kappa shape index (κ3) is 5.20. The molecule has 0 spiro atoms. The van der Waals surface area contributed by atoms with Crippen LogP contribution >= 0.6 is 23.4 Å². The first-order valence-electron chi connectivity index (χ1n) is 7.55. The van der Waals surface area contributed by atoms with Crippen LogP contribution in [0.3, 0.4) is 0 Å². The summed E-state index contributed by atoms with van der Waals surface area (Å²) in [6.45, 7) is 4.18. The van der Waals surface area contributed by atoms with Crippen LogP contribution in [0.15, 0.2) is 23.1 Å². The molecule has 1 aromatic rings. The first-order chi connectivity index (χ1) is 10.2. The molecule has 1 aromatic carbocycles. The zero-order valence-corrected chi connectivity index (χ0v) is 14.1. The van der Waals surface area contributed by atoms with Gasteiger partial charge in [0.2, 0.25) is 0 Å². The van der Waals surface area contributed by atoms with Crippen molar-refractivity contribution in [2.75, 3.05) is 32.4 Å². The standard InChI is InChI=1S/C16H23ClN2OS/c1-21-13-6-7-15(17)14(12-13)16(20)18-8-5-11-19-9-3-2-4-10-19/h6-7,12H,2-5,8-11H2,1H3,(H,18,20). The molecule has 21 heavy (non-hydrogen) atoms. The first kappa shape index (κ1) is 16.7. The number of rotatable bonds is 6. The molecule has 2 rings (SSSR count). The molecule has 0 aliphatic carbocycles. The van der Waals surface area contributed by atoms with Crippen LogP contribution in [0.2, 0.25) is 5.02 Å². The van der Waals surface area contributed by atoms with Crippen LogP contribution in [0, 0.1) is 0 Å². The highest BCUT2D eigenvalue weighted by Crippen LogP contribution is 2.22. The van der Waals surface area contributed by atoms with Gasteiger partial charge in [-0.3, -0.25) is 4.79 Å². The summed E-state index contributed by atoms with van der Waals surface area (Å²) < 4.78 is 0. The number of carbonyl (C=O) groups excluding carboxylic acids is 1. The molecule has 0 unspecified atom stereocenters. The second-order valence-corrected chi connectivity index (χ2v) is 6.64. The van der Waals surface area contributed by atoms with E-state index in [4.69, 9.17) is 11.6 Å². The topological polar surface area (TPSA) is 32.3 Å². The zero-order chi connectivity index (χ0) is 15.1. The summed E-state index contributed by atoms with van der Waals surface area (Å²) in [5, 5.41) is 3.49. The van der Waals surface area contributed by atoms with E-state index in [1.165, 1.54) is 32.4 Å². The minimum Gasteiger partial charge on any atom is -0.352 e. The van der Waals surface area contributed by atoms with E-state index in [0.717, 1.165) is 17.9 Å². The van der Waals surface area contributed by atoms with Crippen LogP contribution in [0.4, 0.5) is 0 Å². The van der Waals surface area contributed by atoms with Crippen LogP contribution in [-0.4, -0.2) is 43.2 Å². The molecule has 1 fully saturated rings. The third-order valence-electron chi connectivity index (χ3n) is 3.80. The lowest BCUT2D eigenvalue weighted by Gasteiger charge is -2.26. The number of halogens is 1. The van der Waals surface area contributed by atoms with E-state index < -0.39 is 0 Å². The fraction of sp³-hybridized carbons (Fsp3) is 0.562. The van der Waals surface area contributed by atoms with Gasteiger partial charge in [-0.1, -0.05) is 18.0 Å². The number of amides is 1. The molecule has 0 bridgehead atoms. The normalized spacial score (nSPS) is 15.9. The number of thioether (sulfide) groups is 1. The molecule has 3 nitrogen and oxygen atoms in total. The van der Waals surface area contributed by atoms with E-state index in [9.17, 15) is 4.79 Å².